The normalized spacial score (nSPS) is 19.4. The fraction of sp³-hybridized carbons (Fsp3) is 0.696. The lowest BCUT2D eigenvalue weighted by molar-refractivity contribution is -0.147. The summed E-state index contributed by atoms with van der Waals surface area (Å²) < 4.78 is 10.5. The molecule has 0 bridgehead atoms. The van der Waals surface area contributed by atoms with Crippen LogP contribution < -0.4 is 0 Å². The second-order valence-electron chi connectivity index (χ2n) is 7.30. The van der Waals surface area contributed by atoms with Crippen molar-refractivity contribution in [1.82, 2.24) is 0 Å². The van der Waals surface area contributed by atoms with E-state index in [-0.39, 0.29) is 13.2 Å². The monoisotopic (exact) mass is 394 g/mol. The van der Waals surface area contributed by atoms with Gasteiger partial charge in [-0.2, -0.15) is 0 Å². The van der Waals surface area contributed by atoms with Crippen molar-refractivity contribution in [3.8, 4) is 0 Å². The van der Waals surface area contributed by atoms with E-state index in [1.807, 2.05) is 12.2 Å². The van der Waals surface area contributed by atoms with Crippen LogP contribution in [0.1, 0.15) is 71.1 Å². The lowest BCUT2D eigenvalue weighted by Gasteiger charge is -2.09. The van der Waals surface area contributed by atoms with Crippen molar-refractivity contribution in [2.24, 2.45) is 0 Å². The van der Waals surface area contributed by atoms with Gasteiger partial charge in [-0.25, -0.2) is 4.79 Å². The number of hydrogen-bond acceptors (Lipinski definition) is 5. The summed E-state index contributed by atoms with van der Waals surface area (Å²) in [4.78, 5) is 11.4. The molecule has 0 amide bonds. The van der Waals surface area contributed by atoms with Gasteiger partial charge in [0.1, 0.15) is 6.10 Å². The molecule has 0 saturated carbocycles. The quantitative estimate of drug-likeness (QED) is 0.127. The number of carbonyl (C=O) groups excluding carboxylic acids is 1. The summed E-state index contributed by atoms with van der Waals surface area (Å²) in [5.41, 5.74) is 0. The van der Waals surface area contributed by atoms with E-state index in [1.54, 1.807) is 12.2 Å². The number of hydrogen-bond donors (Lipinski definition) is 2. The van der Waals surface area contributed by atoms with Crippen LogP contribution in [0.5, 0.6) is 0 Å². The van der Waals surface area contributed by atoms with Crippen LogP contribution in [-0.4, -0.2) is 47.7 Å². The van der Waals surface area contributed by atoms with Crippen LogP contribution >= 0.6 is 0 Å². The molecule has 0 aliphatic carbocycles. The predicted octanol–water partition coefficient (Wildman–Crippen LogP) is 4.24. The van der Waals surface area contributed by atoms with Gasteiger partial charge in [0.25, 0.3) is 0 Å². The number of carbonyl (C=O) groups is 1. The SMILES string of the molecule is CCCCC[C@@H]1O[C@@H]1CCCCCC/C=C/C=C/C=C/C(=O)OC(CO)CO. The van der Waals surface area contributed by atoms with E-state index in [9.17, 15) is 4.79 Å². The fourth-order valence-corrected chi connectivity index (χ4v) is 3.02. The average Bonchev–Trinajstić information content (AvgIpc) is 3.45. The summed E-state index contributed by atoms with van der Waals surface area (Å²) in [5.74, 6) is -0.578. The first-order chi connectivity index (χ1) is 13.7. The molecule has 0 spiro atoms. The van der Waals surface area contributed by atoms with Crippen molar-refractivity contribution in [3.05, 3.63) is 36.5 Å². The maximum absolute atomic E-state index is 11.4. The van der Waals surface area contributed by atoms with E-state index in [2.05, 4.69) is 13.0 Å². The smallest absolute Gasteiger partial charge is 0.331 e. The molecule has 1 saturated heterocycles. The zero-order valence-electron chi connectivity index (χ0n) is 17.3. The number of aliphatic hydroxyl groups excluding tert-OH is 2. The first-order valence-corrected chi connectivity index (χ1v) is 10.8. The Kier molecular flexibility index (Phi) is 14.5. The van der Waals surface area contributed by atoms with Gasteiger partial charge < -0.3 is 19.7 Å². The number of esters is 1. The van der Waals surface area contributed by atoms with Gasteiger partial charge in [0.05, 0.1) is 25.4 Å². The van der Waals surface area contributed by atoms with Crippen LogP contribution in [0.15, 0.2) is 36.5 Å². The molecule has 0 aromatic carbocycles. The van der Waals surface area contributed by atoms with Crippen LogP contribution in [0, 0.1) is 0 Å². The van der Waals surface area contributed by atoms with Crippen LogP contribution in [0.2, 0.25) is 0 Å². The maximum atomic E-state index is 11.4. The van der Waals surface area contributed by atoms with Crippen molar-refractivity contribution in [2.45, 2.75) is 89.4 Å². The summed E-state index contributed by atoms with van der Waals surface area (Å²) in [6.45, 7) is 1.47. The molecular formula is C23H38O5. The summed E-state index contributed by atoms with van der Waals surface area (Å²) in [6, 6.07) is 0. The molecule has 1 fully saturated rings. The number of epoxide rings is 1. The largest absolute Gasteiger partial charge is 0.454 e. The summed E-state index contributed by atoms with van der Waals surface area (Å²) in [7, 11) is 0. The summed E-state index contributed by atoms with van der Waals surface area (Å²) >= 11 is 0. The Morgan fingerprint density at radius 1 is 0.929 bits per heavy atom. The molecule has 2 atom stereocenters. The van der Waals surface area contributed by atoms with E-state index >= 15 is 0 Å². The zero-order valence-corrected chi connectivity index (χ0v) is 17.3. The van der Waals surface area contributed by atoms with Crippen LogP contribution in [0.25, 0.3) is 0 Å². The van der Waals surface area contributed by atoms with Crippen molar-refractivity contribution < 1.29 is 24.5 Å². The minimum atomic E-state index is -0.856. The highest BCUT2D eigenvalue weighted by Crippen LogP contribution is 2.31. The Balaban J connectivity index is 1.92. The molecule has 28 heavy (non-hydrogen) atoms. The van der Waals surface area contributed by atoms with Crippen LogP contribution in [0.4, 0.5) is 0 Å². The third-order valence-electron chi connectivity index (χ3n) is 4.78. The molecule has 2 N–H and O–H groups in total. The highest BCUT2D eigenvalue weighted by molar-refractivity contribution is 5.82. The van der Waals surface area contributed by atoms with Gasteiger partial charge in [-0.1, -0.05) is 75.8 Å². The summed E-state index contributed by atoms with van der Waals surface area (Å²) in [6.07, 6.45) is 23.3. The van der Waals surface area contributed by atoms with Crippen molar-refractivity contribution >= 4 is 5.97 Å². The molecule has 5 heteroatoms. The molecule has 1 heterocycles. The van der Waals surface area contributed by atoms with E-state index in [0.717, 1.165) is 6.42 Å². The number of ether oxygens (including phenoxy) is 2. The second-order valence-corrected chi connectivity index (χ2v) is 7.30. The zero-order chi connectivity index (χ0) is 20.5. The molecule has 1 aliphatic rings. The Bertz CT molecular complexity index is 479. The first kappa shape index (κ1) is 24.6. The molecule has 0 radical (unpaired) electrons. The molecular weight excluding hydrogens is 356 g/mol. The standard InChI is InChI=1S/C23H38O5/c1-2-3-12-15-21-22(28-21)16-13-10-8-6-4-5-7-9-11-14-17-23(26)27-20(18-24)19-25/h5,7,9,11,14,17,20-22,24-25H,2-4,6,8,10,12-13,15-16,18-19H2,1H3/b7-5+,11-9+,17-14+/t21-,22+/m0/s1. The Morgan fingerprint density at radius 3 is 2.25 bits per heavy atom. The molecule has 5 nitrogen and oxygen atoms in total. The van der Waals surface area contributed by atoms with Gasteiger partial charge in [-0.05, 0) is 25.7 Å². The predicted molar refractivity (Wildman–Crippen MR) is 112 cm³/mol. The van der Waals surface area contributed by atoms with Crippen LogP contribution in [0.3, 0.4) is 0 Å². The van der Waals surface area contributed by atoms with Gasteiger partial charge in [0.2, 0.25) is 0 Å². The van der Waals surface area contributed by atoms with Crippen molar-refractivity contribution in [3.63, 3.8) is 0 Å². The second kappa shape index (κ2) is 16.5. The number of rotatable bonds is 17. The lowest BCUT2D eigenvalue weighted by Crippen LogP contribution is -2.24. The van der Waals surface area contributed by atoms with E-state index in [1.165, 1.54) is 63.9 Å². The van der Waals surface area contributed by atoms with E-state index in [4.69, 9.17) is 19.7 Å². The van der Waals surface area contributed by atoms with Gasteiger partial charge in [0, 0.05) is 6.08 Å². The number of aliphatic hydroxyl groups is 2. The third kappa shape index (κ3) is 12.9. The topological polar surface area (TPSA) is 79.3 Å². The molecule has 0 aromatic heterocycles. The van der Waals surface area contributed by atoms with Gasteiger partial charge in [0.15, 0.2) is 0 Å². The Morgan fingerprint density at radius 2 is 1.57 bits per heavy atom. The fourth-order valence-electron chi connectivity index (χ4n) is 3.02. The minimum absolute atomic E-state index is 0.386. The first-order valence-electron chi connectivity index (χ1n) is 10.8. The number of allylic oxidation sites excluding steroid dienone is 5. The van der Waals surface area contributed by atoms with Crippen LogP contribution in [-0.2, 0) is 14.3 Å². The molecule has 0 unspecified atom stereocenters. The maximum Gasteiger partial charge on any atom is 0.331 e. The Hall–Kier alpha value is -1.43. The highest BCUT2D eigenvalue weighted by atomic mass is 16.6. The van der Waals surface area contributed by atoms with Gasteiger partial charge in [-0.3, -0.25) is 0 Å². The molecule has 1 aliphatic heterocycles. The van der Waals surface area contributed by atoms with Gasteiger partial charge >= 0.3 is 5.97 Å². The van der Waals surface area contributed by atoms with Crippen molar-refractivity contribution in [2.75, 3.05) is 13.2 Å². The van der Waals surface area contributed by atoms with Gasteiger partial charge in [-0.15, -0.1) is 0 Å². The number of unbranched alkanes of at least 4 members (excludes halogenated alkanes) is 6. The minimum Gasteiger partial charge on any atom is -0.454 e. The Labute approximate surface area is 170 Å². The molecule has 0 aromatic rings. The third-order valence-corrected chi connectivity index (χ3v) is 4.78. The van der Waals surface area contributed by atoms with E-state index < -0.39 is 12.1 Å². The van der Waals surface area contributed by atoms with E-state index in [0.29, 0.717) is 12.2 Å². The average molecular weight is 395 g/mol. The highest BCUT2D eigenvalue weighted by Gasteiger charge is 2.36. The summed E-state index contributed by atoms with van der Waals surface area (Å²) in [5, 5.41) is 17.6. The molecule has 1 rings (SSSR count). The molecule has 160 valence electrons. The van der Waals surface area contributed by atoms with Crippen molar-refractivity contribution in [1.29, 1.82) is 0 Å². The lowest BCUT2D eigenvalue weighted by atomic mass is 10.1.